The van der Waals surface area contributed by atoms with E-state index in [-0.39, 0.29) is 30.5 Å². The molecule has 0 spiro atoms. The predicted molar refractivity (Wildman–Crippen MR) is 101 cm³/mol. The lowest BCUT2D eigenvalue weighted by Gasteiger charge is -2.21. The molecule has 0 fully saturated rings. The maximum Gasteiger partial charge on any atom is 0.422 e. The lowest BCUT2D eigenvalue weighted by atomic mass is 10.2. The molecule has 158 valence electrons. The van der Waals surface area contributed by atoms with Crippen LogP contribution in [-0.2, 0) is 16.1 Å². The normalized spacial score (nSPS) is 11.2. The molecule has 8 heteroatoms. The second kappa shape index (κ2) is 12.3. The second-order valence-corrected chi connectivity index (χ2v) is 6.56. The summed E-state index contributed by atoms with van der Waals surface area (Å²) in [6.07, 6.45) is -1.58. The average Bonchev–Trinajstić information content (AvgIpc) is 2.64. The van der Waals surface area contributed by atoms with Gasteiger partial charge in [-0.3, -0.25) is 9.59 Å². The van der Waals surface area contributed by atoms with E-state index in [1.165, 1.54) is 12.1 Å². The van der Waals surface area contributed by atoms with Crippen molar-refractivity contribution in [3.63, 3.8) is 0 Å². The van der Waals surface area contributed by atoms with E-state index in [2.05, 4.69) is 5.32 Å². The molecule has 1 rings (SSSR count). The van der Waals surface area contributed by atoms with Crippen LogP contribution in [0.2, 0.25) is 0 Å². The molecule has 0 saturated heterocycles. The van der Waals surface area contributed by atoms with E-state index >= 15 is 0 Å². The first-order chi connectivity index (χ1) is 13.2. The van der Waals surface area contributed by atoms with Gasteiger partial charge >= 0.3 is 6.18 Å². The highest BCUT2D eigenvalue weighted by Crippen LogP contribution is 2.19. The smallest absolute Gasteiger partial charge is 0.422 e. The summed E-state index contributed by atoms with van der Waals surface area (Å²) >= 11 is 0. The number of ether oxygens (including phenoxy) is 1. The van der Waals surface area contributed by atoms with Crippen LogP contribution in [-0.4, -0.2) is 42.6 Å². The van der Waals surface area contributed by atoms with Crippen LogP contribution in [0.3, 0.4) is 0 Å². The van der Waals surface area contributed by atoms with Crippen LogP contribution in [0.5, 0.6) is 5.75 Å². The summed E-state index contributed by atoms with van der Waals surface area (Å²) in [7, 11) is 0. The molecule has 0 saturated carbocycles. The van der Waals surface area contributed by atoms with Crippen molar-refractivity contribution in [1.29, 1.82) is 0 Å². The van der Waals surface area contributed by atoms with Crippen LogP contribution in [0.25, 0.3) is 0 Å². The van der Waals surface area contributed by atoms with Gasteiger partial charge in [-0.2, -0.15) is 13.2 Å². The third kappa shape index (κ3) is 10.2. The first kappa shape index (κ1) is 23.8. The number of halogens is 3. The number of nitrogens with one attached hydrogen (secondary N) is 1. The Kier molecular flexibility index (Phi) is 10.4. The lowest BCUT2D eigenvalue weighted by molar-refractivity contribution is -0.153. The van der Waals surface area contributed by atoms with Crippen LogP contribution >= 0.6 is 0 Å². The maximum atomic E-state index is 12.2. The molecular weight excluding hydrogens is 373 g/mol. The number of benzene rings is 1. The molecule has 1 N–H and O–H groups in total. The van der Waals surface area contributed by atoms with Crippen LogP contribution in [0.4, 0.5) is 13.2 Å². The summed E-state index contributed by atoms with van der Waals surface area (Å²) < 4.78 is 41.3. The Balaban J connectivity index is 2.35. The number of alkyl halides is 3. The summed E-state index contributed by atoms with van der Waals surface area (Å²) in [4.78, 5) is 25.9. The van der Waals surface area contributed by atoms with Crippen LogP contribution < -0.4 is 10.1 Å². The monoisotopic (exact) mass is 402 g/mol. The highest BCUT2D eigenvalue weighted by atomic mass is 19.4. The number of nitrogens with zero attached hydrogens (tertiary/aromatic N) is 1. The average molecular weight is 402 g/mol. The molecule has 0 aromatic heterocycles. The van der Waals surface area contributed by atoms with E-state index in [0.717, 1.165) is 25.9 Å². The first-order valence-electron chi connectivity index (χ1n) is 9.58. The Bertz CT molecular complexity index is 615. The number of hydrogen-bond donors (Lipinski definition) is 1. The van der Waals surface area contributed by atoms with Crippen molar-refractivity contribution >= 4 is 11.8 Å². The highest BCUT2D eigenvalue weighted by molar-refractivity contribution is 5.79. The fourth-order valence-corrected chi connectivity index (χ4v) is 2.66. The number of rotatable bonds is 12. The molecule has 0 atom stereocenters. The van der Waals surface area contributed by atoms with Crippen molar-refractivity contribution in [1.82, 2.24) is 10.2 Å². The van der Waals surface area contributed by atoms with E-state index in [0.29, 0.717) is 18.4 Å². The maximum absolute atomic E-state index is 12.2. The molecule has 28 heavy (non-hydrogen) atoms. The number of carbonyl (C=O) groups is 2. The molecule has 1 aromatic carbocycles. The van der Waals surface area contributed by atoms with Crippen molar-refractivity contribution in [2.24, 2.45) is 0 Å². The van der Waals surface area contributed by atoms with Crippen molar-refractivity contribution in [2.75, 3.05) is 19.7 Å². The minimum atomic E-state index is -4.40. The Morgan fingerprint density at radius 2 is 1.79 bits per heavy atom. The Morgan fingerprint density at radius 1 is 1.11 bits per heavy atom. The van der Waals surface area contributed by atoms with Gasteiger partial charge in [-0.15, -0.1) is 0 Å². The van der Waals surface area contributed by atoms with Gasteiger partial charge in [0, 0.05) is 32.5 Å². The van der Waals surface area contributed by atoms with E-state index in [9.17, 15) is 22.8 Å². The third-order valence-corrected chi connectivity index (χ3v) is 3.92. The SMILES string of the molecule is CCCN(CCC)C(=O)CCCC(=O)NCc1cccc(OCC(F)(F)F)c1. The standard InChI is InChI=1S/C20H29F3N2O3/c1-3-11-25(12-4-2)19(27)10-6-9-18(26)24-14-16-7-5-8-17(13-16)28-15-20(21,22)23/h5,7-8,13H,3-4,6,9-12,14-15H2,1-2H3,(H,24,26). The van der Waals surface area contributed by atoms with Gasteiger partial charge in [-0.25, -0.2) is 0 Å². The Hall–Kier alpha value is -2.25. The molecule has 0 bridgehead atoms. The van der Waals surface area contributed by atoms with E-state index < -0.39 is 12.8 Å². The van der Waals surface area contributed by atoms with E-state index in [1.54, 1.807) is 12.1 Å². The van der Waals surface area contributed by atoms with Gasteiger partial charge in [0.05, 0.1) is 0 Å². The van der Waals surface area contributed by atoms with Crippen molar-refractivity contribution in [3.05, 3.63) is 29.8 Å². The fourth-order valence-electron chi connectivity index (χ4n) is 2.66. The topological polar surface area (TPSA) is 58.6 Å². The van der Waals surface area contributed by atoms with Gasteiger partial charge < -0.3 is 15.0 Å². The van der Waals surface area contributed by atoms with Gasteiger partial charge in [-0.1, -0.05) is 26.0 Å². The van der Waals surface area contributed by atoms with Crippen LogP contribution in [0, 0.1) is 0 Å². The van der Waals surface area contributed by atoms with Gasteiger partial charge in [0.2, 0.25) is 11.8 Å². The van der Waals surface area contributed by atoms with Gasteiger partial charge in [0.15, 0.2) is 6.61 Å². The molecule has 0 unspecified atom stereocenters. The van der Waals surface area contributed by atoms with Crippen LogP contribution in [0.15, 0.2) is 24.3 Å². The van der Waals surface area contributed by atoms with E-state index in [1.807, 2.05) is 18.7 Å². The zero-order valence-electron chi connectivity index (χ0n) is 16.5. The Labute approximate surface area is 164 Å². The first-order valence-corrected chi connectivity index (χ1v) is 9.58. The minimum Gasteiger partial charge on any atom is -0.484 e. The number of hydrogen-bond acceptors (Lipinski definition) is 3. The van der Waals surface area contributed by atoms with Crippen molar-refractivity contribution in [3.8, 4) is 5.75 Å². The highest BCUT2D eigenvalue weighted by Gasteiger charge is 2.28. The molecule has 1 aromatic rings. The molecule has 5 nitrogen and oxygen atoms in total. The third-order valence-electron chi connectivity index (χ3n) is 3.92. The summed E-state index contributed by atoms with van der Waals surface area (Å²) in [5.41, 5.74) is 0.640. The molecular formula is C20H29F3N2O3. The van der Waals surface area contributed by atoms with Gasteiger partial charge in [-0.05, 0) is 37.0 Å². The van der Waals surface area contributed by atoms with Crippen molar-refractivity contribution < 1.29 is 27.5 Å². The largest absolute Gasteiger partial charge is 0.484 e. The fraction of sp³-hybridized carbons (Fsp3) is 0.600. The van der Waals surface area contributed by atoms with Gasteiger partial charge in [0.1, 0.15) is 5.75 Å². The molecule has 0 aliphatic rings. The van der Waals surface area contributed by atoms with Crippen LogP contribution in [0.1, 0.15) is 51.5 Å². The van der Waals surface area contributed by atoms with E-state index in [4.69, 9.17) is 4.74 Å². The minimum absolute atomic E-state index is 0.0611. The zero-order chi connectivity index (χ0) is 21.0. The predicted octanol–water partition coefficient (Wildman–Crippen LogP) is 4.06. The number of carbonyl (C=O) groups excluding carboxylic acids is 2. The molecule has 0 aliphatic heterocycles. The quantitative estimate of drug-likeness (QED) is 0.574. The molecule has 0 heterocycles. The van der Waals surface area contributed by atoms with Gasteiger partial charge in [0.25, 0.3) is 0 Å². The summed E-state index contributed by atoms with van der Waals surface area (Å²) in [5.74, 6) is -0.0421. The van der Waals surface area contributed by atoms with Crippen molar-refractivity contribution in [2.45, 2.75) is 58.7 Å². The summed E-state index contributed by atoms with van der Waals surface area (Å²) in [6.45, 7) is 4.33. The lowest BCUT2D eigenvalue weighted by Crippen LogP contribution is -2.32. The molecule has 0 aliphatic carbocycles. The Morgan fingerprint density at radius 3 is 2.39 bits per heavy atom. The number of amides is 2. The molecule has 0 radical (unpaired) electrons. The zero-order valence-corrected chi connectivity index (χ0v) is 16.5. The summed E-state index contributed by atoms with van der Waals surface area (Å²) in [6, 6.07) is 6.16. The summed E-state index contributed by atoms with van der Waals surface area (Å²) in [5, 5.41) is 2.71. The second-order valence-electron chi connectivity index (χ2n) is 6.56. The molecule has 2 amide bonds.